The minimum absolute atomic E-state index is 0.0512. The van der Waals surface area contributed by atoms with Crippen molar-refractivity contribution in [1.29, 1.82) is 0 Å². The van der Waals surface area contributed by atoms with E-state index in [1.807, 2.05) is 60.7 Å². The van der Waals surface area contributed by atoms with Gasteiger partial charge in [-0.25, -0.2) is 0 Å². The van der Waals surface area contributed by atoms with E-state index in [0.29, 0.717) is 34.5 Å². The summed E-state index contributed by atoms with van der Waals surface area (Å²) in [7, 11) is 0. The topological polar surface area (TPSA) is 81.7 Å². The number of benzene rings is 2. The van der Waals surface area contributed by atoms with Gasteiger partial charge in [0, 0.05) is 12.3 Å². The van der Waals surface area contributed by atoms with Gasteiger partial charge < -0.3 is 9.84 Å². The maximum Gasteiger partial charge on any atom is 0.262 e. The average molecular weight is 467 g/mol. The predicted molar refractivity (Wildman–Crippen MR) is 132 cm³/mol. The molecule has 0 bridgehead atoms. The molecule has 4 rings (SSSR count). The zero-order chi connectivity index (χ0) is 23.5. The van der Waals surface area contributed by atoms with Crippen LogP contribution in [0.4, 0.5) is 0 Å². The van der Waals surface area contributed by atoms with Crippen molar-refractivity contribution in [3.05, 3.63) is 63.9 Å². The number of aliphatic hydroxyl groups excluding tert-OH is 1. The number of aryl methyl sites for hydroxylation is 3. The largest absolute Gasteiger partial charge is 0.491 e. The Morgan fingerprint density at radius 3 is 2.70 bits per heavy atom. The van der Waals surface area contributed by atoms with Crippen LogP contribution in [0.25, 0.3) is 16.7 Å². The molecule has 0 radical (unpaired) electrons. The fraction of sp³-hybridized carbons (Fsp3) is 0.400. The van der Waals surface area contributed by atoms with Gasteiger partial charge in [-0.2, -0.15) is 0 Å². The molecule has 0 spiro atoms. The van der Waals surface area contributed by atoms with Crippen LogP contribution >= 0.6 is 11.8 Å². The molecule has 1 unspecified atom stereocenters. The van der Waals surface area contributed by atoms with Crippen LogP contribution in [0.1, 0.15) is 31.4 Å². The van der Waals surface area contributed by atoms with Crippen molar-refractivity contribution in [3.63, 3.8) is 0 Å². The SMILES string of the molecule is Cc1ccc(C)c(OCC(O)CSc2nnc3n(CCC(C)C)c(=O)c4ccccc4n23)c1. The van der Waals surface area contributed by atoms with Crippen molar-refractivity contribution in [2.24, 2.45) is 5.92 Å². The Kier molecular flexibility index (Phi) is 7.05. The lowest BCUT2D eigenvalue weighted by Crippen LogP contribution is -2.24. The molecule has 33 heavy (non-hydrogen) atoms. The van der Waals surface area contributed by atoms with Gasteiger partial charge in [-0.1, -0.05) is 49.9 Å². The van der Waals surface area contributed by atoms with Crippen molar-refractivity contribution in [2.45, 2.75) is 51.9 Å². The summed E-state index contributed by atoms with van der Waals surface area (Å²) in [5, 5.41) is 20.5. The summed E-state index contributed by atoms with van der Waals surface area (Å²) < 4.78 is 9.47. The Morgan fingerprint density at radius 2 is 1.91 bits per heavy atom. The molecule has 1 N–H and O–H groups in total. The second-order valence-corrected chi connectivity index (χ2v) is 9.81. The number of hydrogen-bond acceptors (Lipinski definition) is 6. The van der Waals surface area contributed by atoms with E-state index in [1.54, 1.807) is 4.57 Å². The molecule has 0 saturated heterocycles. The second kappa shape index (κ2) is 9.97. The lowest BCUT2D eigenvalue weighted by molar-refractivity contribution is 0.126. The quantitative estimate of drug-likeness (QED) is 0.372. The van der Waals surface area contributed by atoms with E-state index in [9.17, 15) is 9.90 Å². The molecule has 8 heteroatoms. The number of para-hydroxylation sites is 1. The first-order chi connectivity index (χ1) is 15.8. The predicted octanol–water partition coefficient (Wildman–Crippen LogP) is 4.24. The number of fused-ring (bicyclic) bond motifs is 3. The molecule has 174 valence electrons. The third kappa shape index (κ3) is 5.07. The average Bonchev–Trinajstić information content (AvgIpc) is 3.22. The van der Waals surface area contributed by atoms with E-state index >= 15 is 0 Å². The maximum atomic E-state index is 13.1. The van der Waals surface area contributed by atoms with Crippen LogP contribution in [-0.4, -0.2) is 42.7 Å². The highest BCUT2D eigenvalue weighted by Gasteiger charge is 2.18. The fourth-order valence-corrected chi connectivity index (χ4v) is 4.53. The van der Waals surface area contributed by atoms with E-state index < -0.39 is 6.10 Å². The summed E-state index contributed by atoms with van der Waals surface area (Å²) in [6.07, 6.45) is 0.192. The number of nitrogens with zero attached hydrogens (tertiary/aromatic N) is 4. The van der Waals surface area contributed by atoms with Crippen LogP contribution < -0.4 is 10.3 Å². The van der Waals surface area contributed by atoms with Crippen LogP contribution in [-0.2, 0) is 6.54 Å². The molecule has 0 saturated carbocycles. The highest BCUT2D eigenvalue weighted by Crippen LogP contribution is 2.24. The lowest BCUT2D eigenvalue weighted by atomic mass is 10.1. The molecule has 0 amide bonds. The maximum absolute atomic E-state index is 13.1. The van der Waals surface area contributed by atoms with Gasteiger partial charge in [0.25, 0.3) is 5.56 Å². The molecular weight excluding hydrogens is 436 g/mol. The van der Waals surface area contributed by atoms with E-state index in [4.69, 9.17) is 4.74 Å². The number of aliphatic hydroxyl groups is 1. The molecule has 0 fully saturated rings. The van der Waals surface area contributed by atoms with Gasteiger partial charge in [0.1, 0.15) is 12.4 Å². The first kappa shape index (κ1) is 23.3. The monoisotopic (exact) mass is 466 g/mol. The highest BCUT2D eigenvalue weighted by atomic mass is 32.2. The van der Waals surface area contributed by atoms with Gasteiger partial charge in [-0.05, 0) is 55.5 Å². The Labute approximate surface area is 197 Å². The van der Waals surface area contributed by atoms with Gasteiger partial charge in [-0.15, -0.1) is 10.2 Å². The van der Waals surface area contributed by atoms with Crippen LogP contribution in [0.3, 0.4) is 0 Å². The number of thioether (sulfide) groups is 1. The van der Waals surface area contributed by atoms with Gasteiger partial charge in [0.15, 0.2) is 5.16 Å². The van der Waals surface area contributed by atoms with Crippen LogP contribution in [0.5, 0.6) is 5.75 Å². The van der Waals surface area contributed by atoms with Crippen LogP contribution in [0.15, 0.2) is 52.4 Å². The lowest BCUT2D eigenvalue weighted by Gasteiger charge is -2.14. The van der Waals surface area contributed by atoms with Crippen molar-refractivity contribution in [1.82, 2.24) is 19.2 Å². The minimum Gasteiger partial charge on any atom is -0.491 e. The first-order valence-corrected chi connectivity index (χ1v) is 12.2. The summed E-state index contributed by atoms with van der Waals surface area (Å²) in [6, 6.07) is 13.5. The Morgan fingerprint density at radius 1 is 1.12 bits per heavy atom. The summed E-state index contributed by atoms with van der Waals surface area (Å²) in [4.78, 5) is 13.1. The molecule has 0 aliphatic heterocycles. The van der Waals surface area contributed by atoms with Gasteiger partial charge in [-0.3, -0.25) is 13.8 Å². The van der Waals surface area contributed by atoms with Gasteiger partial charge >= 0.3 is 0 Å². The summed E-state index contributed by atoms with van der Waals surface area (Å²) in [5.74, 6) is 2.17. The fourth-order valence-electron chi connectivity index (χ4n) is 3.68. The Bertz CT molecular complexity index is 1330. The summed E-state index contributed by atoms with van der Waals surface area (Å²) in [6.45, 7) is 9.04. The molecule has 2 aromatic carbocycles. The van der Waals surface area contributed by atoms with E-state index in [1.165, 1.54) is 11.8 Å². The molecule has 2 heterocycles. The minimum atomic E-state index is -0.680. The molecule has 4 aromatic rings. The van der Waals surface area contributed by atoms with Crippen molar-refractivity contribution in [2.75, 3.05) is 12.4 Å². The third-order valence-corrected chi connectivity index (χ3v) is 6.66. The van der Waals surface area contributed by atoms with Gasteiger partial charge in [0.2, 0.25) is 5.78 Å². The molecular formula is C25H30N4O3S. The number of hydrogen-bond donors (Lipinski definition) is 1. The molecule has 7 nitrogen and oxygen atoms in total. The van der Waals surface area contributed by atoms with Crippen molar-refractivity contribution in [3.8, 4) is 5.75 Å². The standard InChI is InChI=1S/C25H30N4O3S/c1-16(2)11-12-28-23(31)20-7-5-6-8-21(20)29-24(28)26-27-25(29)33-15-19(30)14-32-22-13-17(3)9-10-18(22)4/h5-10,13,16,19,30H,11-12,14-15H2,1-4H3. The zero-order valence-corrected chi connectivity index (χ0v) is 20.3. The van der Waals surface area contributed by atoms with Crippen LogP contribution in [0, 0.1) is 19.8 Å². The summed E-state index contributed by atoms with van der Waals surface area (Å²) in [5.41, 5.74) is 2.87. The number of ether oxygens (including phenoxy) is 1. The Hall–Kier alpha value is -2.84. The summed E-state index contributed by atoms with van der Waals surface area (Å²) >= 11 is 1.40. The van der Waals surface area contributed by atoms with E-state index in [-0.39, 0.29) is 12.2 Å². The molecule has 1 atom stereocenters. The number of rotatable bonds is 9. The zero-order valence-electron chi connectivity index (χ0n) is 19.5. The molecule has 0 aliphatic carbocycles. The van der Waals surface area contributed by atoms with Gasteiger partial charge in [0.05, 0.1) is 17.0 Å². The Balaban J connectivity index is 1.57. The van der Waals surface area contributed by atoms with E-state index in [0.717, 1.165) is 28.8 Å². The first-order valence-electron chi connectivity index (χ1n) is 11.2. The van der Waals surface area contributed by atoms with Crippen molar-refractivity contribution >= 4 is 28.4 Å². The third-order valence-electron chi connectivity index (χ3n) is 5.59. The van der Waals surface area contributed by atoms with Crippen LogP contribution in [0.2, 0.25) is 0 Å². The highest BCUT2D eigenvalue weighted by molar-refractivity contribution is 7.99. The molecule has 0 aliphatic rings. The smallest absolute Gasteiger partial charge is 0.262 e. The second-order valence-electron chi connectivity index (χ2n) is 8.82. The number of aromatic nitrogens is 4. The van der Waals surface area contributed by atoms with Crippen molar-refractivity contribution < 1.29 is 9.84 Å². The van der Waals surface area contributed by atoms with E-state index in [2.05, 4.69) is 24.0 Å². The normalized spacial score (nSPS) is 12.7. The molecule has 2 aromatic heterocycles.